The number of hydrogen-bond acceptors (Lipinski definition) is 2. The first-order valence-electron chi connectivity index (χ1n) is 4.99. The molecule has 1 N–H and O–H groups in total. The first kappa shape index (κ1) is 9.77. The van der Waals surface area contributed by atoms with Crippen LogP contribution in [-0.4, -0.2) is 24.2 Å². The van der Waals surface area contributed by atoms with Crippen LogP contribution in [0.25, 0.3) is 0 Å². The van der Waals surface area contributed by atoms with Crippen LogP contribution in [0.4, 0.5) is 5.69 Å². The van der Waals surface area contributed by atoms with Crippen LogP contribution in [0.2, 0.25) is 0 Å². The van der Waals surface area contributed by atoms with Gasteiger partial charge in [0.2, 0.25) is 0 Å². The molecule has 0 unspecified atom stereocenters. The van der Waals surface area contributed by atoms with E-state index in [-0.39, 0.29) is 0 Å². The smallest absolute Gasteiger partial charge is 0.328 e. The first-order chi connectivity index (χ1) is 7.27. The van der Waals surface area contributed by atoms with E-state index < -0.39 is 5.97 Å². The van der Waals surface area contributed by atoms with Gasteiger partial charge in [0.05, 0.1) is 0 Å². The molecule has 0 amide bonds. The molecule has 0 fully saturated rings. The Hall–Kier alpha value is -1.77. The van der Waals surface area contributed by atoms with Gasteiger partial charge in [0.25, 0.3) is 0 Å². The molecular weight excluding hydrogens is 190 g/mol. The van der Waals surface area contributed by atoms with Gasteiger partial charge in [0.15, 0.2) is 0 Å². The topological polar surface area (TPSA) is 40.5 Å². The number of rotatable bonds is 3. The van der Waals surface area contributed by atoms with Crippen molar-refractivity contribution >= 4 is 11.7 Å². The summed E-state index contributed by atoms with van der Waals surface area (Å²) in [5.41, 5.74) is 2.58. The molecule has 78 valence electrons. The van der Waals surface area contributed by atoms with E-state index in [9.17, 15) is 4.79 Å². The lowest BCUT2D eigenvalue weighted by Gasteiger charge is -2.16. The molecule has 15 heavy (non-hydrogen) atoms. The zero-order chi connectivity index (χ0) is 10.7. The minimum Gasteiger partial charge on any atom is -0.478 e. The van der Waals surface area contributed by atoms with Crippen molar-refractivity contribution < 1.29 is 9.90 Å². The number of para-hydroxylation sites is 1. The van der Waals surface area contributed by atoms with Crippen molar-refractivity contribution in [2.45, 2.75) is 6.42 Å². The number of benzene rings is 1. The fourth-order valence-corrected chi connectivity index (χ4v) is 1.88. The van der Waals surface area contributed by atoms with Crippen molar-refractivity contribution in [3.8, 4) is 0 Å². The number of carboxylic acid groups (broad SMARTS) is 1. The zero-order valence-corrected chi connectivity index (χ0v) is 8.39. The van der Waals surface area contributed by atoms with E-state index in [1.807, 2.05) is 12.1 Å². The number of hydrogen-bond donors (Lipinski definition) is 1. The molecule has 1 heterocycles. The molecule has 1 aliphatic heterocycles. The first-order valence-corrected chi connectivity index (χ1v) is 4.99. The molecule has 0 aromatic heterocycles. The summed E-state index contributed by atoms with van der Waals surface area (Å²) in [7, 11) is 0. The third kappa shape index (κ3) is 2.18. The Morgan fingerprint density at radius 2 is 2.27 bits per heavy atom. The molecule has 0 saturated heterocycles. The van der Waals surface area contributed by atoms with E-state index in [2.05, 4.69) is 17.0 Å². The summed E-state index contributed by atoms with van der Waals surface area (Å²) in [4.78, 5) is 12.5. The second-order valence-electron chi connectivity index (χ2n) is 3.57. The summed E-state index contributed by atoms with van der Waals surface area (Å²) in [5, 5.41) is 8.48. The minimum atomic E-state index is -0.887. The van der Waals surface area contributed by atoms with E-state index in [0.29, 0.717) is 6.54 Å². The van der Waals surface area contributed by atoms with Gasteiger partial charge in [-0.3, -0.25) is 0 Å². The summed E-state index contributed by atoms with van der Waals surface area (Å²) in [6, 6.07) is 8.25. The number of aliphatic carboxylic acids is 1. The molecule has 0 saturated carbocycles. The largest absolute Gasteiger partial charge is 0.478 e. The van der Waals surface area contributed by atoms with Crippen LogP contribution in [0, 0.1) is 0 Å². The SMILES string of the molecule is O=C(O)/C=C/CN1CCc2ccccc21. The molecular formula is C12H13NO2. The summed E-state index contributed by atoms with van der Waals surface area (Å²) in [6.07, 6.45) is 3.93. The maximum absolute atomic E-state index is 10.3. The Labute approximate surface area is 88.6 Å². The molecule has 3 nitrogen and oxygen atoms in total. The Balaban J connectivity index is 2.05. The predicted octanol–water partition coefficient (Wildman–Crippen LogP) is 1.69. The molecule has 0 radical (unpaired) electrons. The van der Waals surface area contributed by atoms with Gasteiger partial charge in [-0.2, -0.15) is 0 Å². The van der Waals surface area contributed by atoms with Crippen LogP contribution in [0.3, 0.4) is 0 Å². The van der Waals surface area contributed by atoms with Gasteiger partial charge in [0.1, 0.15) is 0 Å². The average molecular weight is 203 g/mol. The normalized spacial score (nSPS) is 14.5. The van der Waals surface area contributed by atoms with Crippen molar-refractivity contribution in [3.63, 3.8) is 0 Å². The maximum atomic E-state index is 10.3. The summed E-state index contributed by atoms with van der Waals surface area (Å²) >= 11 is 0. The summed E-state index contributed by atoms with van der Waals surface area (Å²) in [5.74, 6) is -0.887. The highest BCUT2D eigenvalue weighted by molar-refractivity contribution is 5.79. The monoisotopic (exact) mass is 203 g/mol. The van der Waals surface area contributed by atoms with Crippen molar-refractivity contribution in [1.82, 2.24) is 0 Å². The average Bonchev–Trinajstić information content (AvgIpc) is 2.62. The number of carboxylic acids is 1. The lowest BCUT2D eigenvalue weighted by Crippen LogP contribution is -2.20. The standard InChI is InChI=1S/C12H13NO2/c14-12(15)6-3-8-13-9-7-10-4-1-2-5-11(10)13/h1-6H,7-9H2,(H,14,15)/b6-3+. The Bertz CT molecular complexity index is 398. The van der Waals surface area contributed by atoms with Crippen molar-refractivity contribution in [3.05, 3.63) is 42.0 Å². The fraction of sp³-hybridized carbons (Fsp3) is 0.250. The quantitative estimate of drug-likeness (QED) is 0.760. The lowest BCUT2D eigenvalue weighted by atomic mass is 10.2. The van der Waals surface area contributed by atoms with Crippen LogP contribution in [0.5, 0.6) is 0 Å². The Kier molecular flexibility index (Phi) is 2.72. The van der Waals surface area contributed by atoms with Gasteiger partial charge in [0, 0.05) is 24.9 Å². The number of nitrogens with zero attached hydrogens (tertiary/aromatic N) is 1. The summed E-state index contributed by atoms with van der Waals surface area (Å²) < 4.78 is 0. The van der Waals surface area contributed by atoms with Gasteiger partial charge < -0.3 is 10.0 Å². The minimum absolute atomic E-state index is 0.670. The van der Waals surface area contributed by atoms with E-state index in [1.54, 1.807) is 6.08 Å². The Morgan fingerprint density at radius 3 is 3.07 bits per heavy atom. The summed E-state index contributed by atoms with van der Waals surface area (Å²) in [6.45, 7) is 1.65. The van der Waals surface area contributed by atoms with Crippen molar-refractivity contribution in [2.24, 2.45) is 0 Å². The van der Waals surface area contributed by atoms with Crippen LogP contribution >= 0.6 is 0 Å². The van der Waals surface area contributed by atoms with Crippen LogP contribution in [0.15, 0.2) is 36.4 Å². The number of fused-ring (bicyclic) bond motifs is 1. The third-order valence-corrected chi connectivity index (χ3v) is 2.57. The van der Waals surface area contributed by atoms with Gasteiger partial charge in [-0.25, -0.2) is 4.79 Å². The second-order valence-corrected chi connectivity index (χ2v) is 3.57. The molecule has 3 heteroatoms. The molecule has 0 atom stereocenters. The Morgan fingerprint density at radius 1 is 1.47 bits per heavy atom. The third-order valence-electron chi connectivity index (χ3n) is 2.57. The highest BCUT2D eigenvalue weighted by Crippen LogP contribution is 2.26. The van der Waals surface area contributed by atoms with Crippen molar-refractivity contribution in [1.29, 1.82) is 0 Å². The highest BCUT2D eigenvalue weighted by atomic mass is 16.4. The molecule has 0 aliphatic carbocycles. The predicted molar refractivity (Wildman–Crippen MR) is 59.1 cm³/mol. The molecule has 2 rings (SSSR count). The van der Waals surface area contributed by atoms with E-state index >= 15 is 0 Å². The van der Waals surface area contributed by atoms with E-state index in [0.717, 1.165) is 13.0 Å². The zero-order valence-electron chi connectivity index (χ0n) is 8.39. The second kappa shape index (κ2) is 4.17. The van der Waals surface area contributed by atoms with E-state index in [4.69, 9.17) is 5.11 Å². The number of carbonyl (C=O) groups is 1. The molecule has 0 spiro atoms. The van der Waals surface area contributed by atoms with Crippen LogP contribution in [-0.2, 0) is 11.2 Å². The molecule has 1 aromatic rings. The molecule has 1 aliphatic rings. The molecule has 1 aromatic carbocycles. The van der Waals surface area contributed by atoms with Gasteiger partial charge in [-0.05, 0) is 18.1 Å². The fourth-order valence-electron chi connectivity index (χ4n) is 1.88. The van der Waals surface area contributed by atoms with Crippen molar-refractivity contribution in [2.75, 3.05) is 18.0 Å². The van der Waals surface area contributed by atoms with E-state index in [1.165, 1.54) is 17.3 Å². The van der Waals surface area contributed by atoms with Gasteiger partial charge >= 0.3 is 5.97 Å². The van der Waals surface area contributed by atoms with Crippen LogP contribution < -0.4 is 4.90 Å². The van der Waals surface area contributed by atoms with Gasteiger partial charge in [-0.1, -0.05) is 24.3 Å². The highest BCUT2D eigenvalue weighted by Gasteiger charge is 2.16. The molecule has 0 bridgehead atoms. The van der Waals surface area contributed by atoms with Crippen LogP contribution in [0.1, 0.15) is 5.56 Å². The number of anilines is 1. The maximum Gasteiger partial charge on any atom is 0.328 e. The lowest BCUT2D eigenvalue weighted by molar-refractivity contribution is -0.131. The van der Waals surface area contributed by atoms with Gasteiger partial charge in [-0.15, -0.1) is 0 Å².